The number of halogens is 4. The summed E-state index contributed by atoms with van der Waals surface area (Å²) in [7, 11) is 3.56. The van der Waals surface area contributed by atoms with Crippen molar-refractivity contribution in [1.82, 2.24) is 19.1 Å². The van der Waals surface area contributed by atoms with Crippen LogP contribution in [0.25, 0.3) is 39.3 Å². The molecule has 0 aliphatic rings. The fourth-order valence-corrected chi connectivity index (χ4v) is 6.42. The van der Waals surface area contributed by atoms with Crippen molar-refractivity contribution in [3.8, 4) is 11.4 Å². The van der Waals surface area contributed by atoms with Gasteiger partial charge >= 0.3 is 35.5 Å². The number of imidazole rings is 2. The van der Waals surface area contributed by atoms with Crippen LogP contribution in [0.2, 0.25) is 0 Å². The van der Waals surface area contributed by atoms with Gasteiger partial charge in [0.15, 0.2) is 11.6 Å². The van der Waals surface area contributed by atoms with E-state index in [4.69, 9.17) is 42.6 Å². The summed E-state index contributed by atoms with van der Waals surface area (Å²) in [6.07, 6.45) is 0. The topological polar surface area (TPSA) is 237 Å². The number of nitrogens with one attached hydrogen (secondary N) is 2. The number of aliphatic hydroxyl groups excluding tert-OH is 1. The van der Waals surface area contributed by atoms with Gasteiger partial charge in [-0.25, -0.2) is 27.9 Å². The average molecular weight is 1040 g/mol. The normalized spacial score (nSPS) is 10.2. The van der Waals surface area contributed by atoms with Gasteiger partial charge in [0.25, 0.3) is 5.97 Å². The number of Topliss-reactive ketones (excluding diaryl/α,β-unsaturated/α-hetero) is 2. The quantitative estimate of drug-likeness (QED) is 0.0215. The molecule has 7 N–H and O–H groups in total. The van der Waals surface area contributed by atoms with Gasteiger partial charge in [-0.05, 0) is 162 Å². The van der Waals surface area contributed by atoms with E-state index in [2.05, 4.69) is 15.3 Å². The van der Waals surface area contributed by atoms with Crippen LogP contribution in [0.1, 0.15) is 71.8 Å². The molecule has 0 aliphatic carbocycles. The summed E-state index contributed by atoms with van der Waals surface area (Å²) >= 11 is 0. The van der Waals surface area contributed by atoms with Crippen LogP contribution < -0.4 is 40.6 Å². The van der Waals surface area contributed by atoms with Crippen LogP contribution in [0.3, 0.4) is 0 Å². The van der Waals surface area contributed by atoms with E-state index in [1.54, 1.807) is 86.6 Å². The van der Waals surface area contributed by atoms with Gasteiger partial charge in [-0.2, -0.15) is 0 Å². The first kappa shape index (κ1) is 63.3. The van der Waals surface area contributed by atoms with Gasteiger partial charge in [0, 0.05) is 63.0 Å². The summed E-state index contributed by atoms with van der Waals surface area (Å²) in [6.45, 7) is 10.3. The summed E-state index contributed by atoms with van der Waals surface area (Å²) < 4.78 is 72.5. The first-order valence-electron chi connectivity index (χ1n) is 22.4. The molecule has 0 saturated heterocycles. The maximum absolute atomic E-state index is 13.0. The number of carbonyl (C=O) groups is 3. The van der Waals surface area contributed by atoms with Gasteiger partial charge < -0.3 is 46.6 Å². The van der Waals surface area contributed by atoms with E-state index < -0.39 is 19.1 Å². The zero-order chi connectivity index (χ0) is 55.7. The van der Waals surface area contributed by atoms with Crippen molar-refractivity contribution in [2.45, 2.75) is 47.5 Å². The van der Waals surface area contributed by atoms with Crippen molar-refractivity contribution in [1.29, 1.82) is 0 Å². The number of nitrogen functional groups attached to an aromatic ring is 1. The first-order valence-corrected chi connectivity index (χ1v) is 21.7. The molecule has 0 aliphatic heterocycles. The number of alkyl halides is 1. The van der Waals surface area contributed by atoms with Gasteiger partial charge in [-0.3, -0.25) is 23.1 Å². The first-order chi connectivity index (χ1) is 35.2. The molecule has 390 valence electrons. The Hall–Kier alpha value is -6.85. The fraction of sp³-hybridized carbons (Fsp3) is 0.226. The molecule has 0 atom stereocenters. The molecule has 2 heterocycles. The summed E-state index contributed by atoms with van der Waals surface area (Å²) in [5.41, 5.74) is 13.8. The van der Waals surface area contributed by atoms with Crippen LogP contribution in [0, 0.1) is 31.3 Å². The number of nitrogens with zero attached hydrogens (tertiary/aromatic N) is 4. The average Bonchev–Trinajstić information content (AvgIpc) is 3.91. The molecular formula is C53H60F4N7NaO9. The molecule has 6 aromatic carbocycles. The Labute approximate surface area is 450 Å². The number of aliphatic hydroxyl groups is 1. The third-order valence-electron chi connectivity index (χ3n) is 10.2. The zero-order valence-electron chi connectivity index (χ0n) is 43.7. The number of aryl methyl sites for hydroxylation is 2. The number of ketones is 2. The van der Waals surface area contributed by atoms with E-state index in [-0.39, 0.29) is 70.7 Å². The van der Waals surface area contributed by atoms with Crippen molar-refractivity contribution in [2.24, 2.45) is 0 Å². The largest absolute Gasteiger partial charge is 1.00 e. The second kappa shape index (κ2) is 32.4. The number of ether oxygens (including phenoxy) is 3. The predicted octanol–water partition coefficient (Wildman–Crippen LogP) is 8.82. The molecule has 0 spiro atoms. The zero-order valence-corrected chi connectivity index (χ0v) is 44.7. The molecule has 0 fully saturated rings. The summed E-state index contributed by atoms with van der Waals surface area (Å²) in [5, 5.41) is 25.9. The molecule has 74 heavy (non-hydrogen) atoms. The predicted molar refractivity (Wildman–Crippen MR) is 274 cm³/mol. The van der Waals surface area contributed by atoms with Crippen molar-refractivity contribution >= 4 is 56.7 Å². The van der Waals surface area contributed by atoms with E-state index in [0.717, 1.165) is 39.4 Å². The van der Waals surface area contributed by atoms with Crippen LogP contribution >= 0.6 is 0 Å². The number of carboxylic acids is 1. The maximum atomic E-state index is 13.0. The molecule has 0 unspecified atom stereocenters. The number of anilines is 3. The van der Waals surface area contributed by atoms with Gasteiger partial charge in [0.1, 0.15) is 29.1 Å². The third-order valence-corrected chi connectivity index (χ3v) is 10.2. The minimum atomic E-state index is -1.00. The number of rotatable bonds is 10. The molecule has 0 saturated carbocycles. The van der Waals surface area contributed by atoms with Crippen LogP contribution in [0.5, 0.6) is 0 Å². The van der Waals surface area contributed by atoms with E-state index in [1.807, 2.05) is 29.0 Å². The SMILES string of the molecule is CC(=O)c1ccc(Nc2ccc(F)cc2)c(N)c1.CC(=O)c1ccc2c(c1)nc(C)n2-c1ccc(F)cc1.CCO.COC(C)(OC)OC.Cc1nc2cc(C(=O)O)ccc2n1-c1ccc(F)cc1.[2H]CF.[NH-]O.[Na+]. The van der Waals surface area contributed by atoms with Crippen molar-refractivity contribution in [3.05, 3.63) is 179 Å². The molecular weight excluding hydrogens is 978 g/mol. The number of carboxylic acid groups (broad SMARTS) is 1. The minimum absolute atomic E-state index is 0. The molecule has 8 aromatic rings. The number of methoxy groups -OCH3 is 3. The van der Waals surface area contributed by atoms with Gasteiger partial charge in [-0.15, -0.1) is 0 Å². The number of aromatic carboxylic acids is 1. The number of benzene rings is 6. The monoisotopic (exact) mass is 1040 g/mol. The van der Waals surface area contributed by atoms with Gasteiger partial charge in [-0.1, -0.05) is 0 Å². The second-order valence-corrected chi connectivity index (χ2v) is 15.0. The maximum Gasteiger partial charge on any atom is 1.00 e. The molecule has 16 nitrogen and oxygen atoms in total. The number of nitrogens with two attached hydrogens (primary N) is 1. The van der Waals surface area contributed by atoms with E-state index in [1.165, 1.54) is 83.7 Å². The van der Waals surface area contributed by atoms with Crippen molar-refractivity contribution in [3.63, 3.8) is 0 Å². The van der Waals surface area contributed by atoms with Gasteiger partial charge in [0.05, 0.1) is 47.5 Å². The molecule has 0 radical (unpaired) electrons. The summed E-state index contributed by atoms with van der Waals surface area (Å²) in [4.78, 5) is 42.4. The van der Waals surface area contributed by atoms with E-state index in [0.29, 0.717) is 33.8 Å². The Morgan fingerprint density at radius 1 is 0.676 bits per heavy atom. The number of aromatic nitrogens is 4. The molecule has 21 heteroatoms. The number of hydrogen-bond acceptors (Lipinski definition) is 12. The molecule has 0 bridgehead atoms. The smallest absolute Gasteiger partial charge is 0.553 e. The third kappa shape index (κ3) is 18.9. The van der Waals surface area contributed by atoms with Gasteiger partial charge in [0.2, 0.25) is 0 Å². The van der Waals surface area contributed by atoms with Crippen LogP contribution in [-0.4, -0.2) is 93.1 Å². The fourth-order valence-electron chi connectivity index (χ4n) is 6.42. The Balaban J connectivity index is 0.000000490. The molecule has 8 rings (SSSR count). The van der Waals surface area contributed by atoms with Crippen LogP contribution in [-0.2, 0) is 14.2 Å². The Kier molecular flexibility index (Phi) is 27.7. The van der Waals surface area contributed by atoms with Crippen molar-refractivity contribution in [2.75, 3.05) is 46.1 Å². The van der Waals surface area contributed by atoms with Crippen molar-refractivity contribution < 1.29 is 92.5 Å². The van der Waals surface area contributed by atoms with E-state index in [9.17, 15) is 31.9 Å². The minimum Gasteiger partial charge on any atom is -0.553 e. The standard InChI is InChI=1S/C16H13FN2O.C15H11FN2O2.C14H13FN2O.C5H12O3.C2H6O.CH3F.H2NO.Na/c1-10(20)12-3-8-16-15(9-12)18-11(2)19(16)14-6-4-13(17)5-7-14;1-9-17-13-8-10(15(19)20)2-7-14(13)18(9)12-5-3-11(16)4-6-12;1-9(18)10-2-7-14(13(16)8-10)17-12-5-3-11(15)4-6-12;1-5(6-2,7-3)8-4;1-2-3;2*1-2;/h3-9H,1-2H3;2-8H,1H3,(H,19,20);2-8,17H,16H2,1H3;1-4H3;3H,2H2,1H3;1H3;1-2H;/q;;;;;;-1;+1/i;;;;;1D;;. The Morgan fingerprint density at radius 3 is 1.35 bits per heavy atom. The number of hydrogen-bond donors (Lipinski definition) is 5. The van der Waals surface area contributed by atoms with Crippen LogP contribution in [0.4, 0.5) is 34.6 Å². The number of carbonyl (C=O) groups excluding carboxylic acids is 2. The summed E-state index contributed by atoms with van der Waals surface area (Å²) in [5.74, 6) is 3.53. The van der Waals surface area contributed by atoms with Crippen LogP contribution in [0.15, 0.2) is 127 Å². The Morgan fingerprint density at radius 2 is 1.01 bits per heavy atom. The molecule has 2 aromatic heterocycles. The summed E-state index contributed by atoms with van der Waals surface area (Å²) in [6, 6.07) is 33.6. The Bertz CT molecular complexity index is 2880. The van der Waals surface area contributed by atoms with E-state index >= 15 is 0 Å². The second-order valence-electron chi connectivity index (χ2n) is 15.0. The number of fused-ring (bicyclic) bond motifs is 2. The molecule has 0 amide bonds.